The minimum absolute atomic E-state index is 0.381. The van der Waals surface area contributed by atoms with Gasteiger partial charge in [0.2, 0.25) is 0 Å². The summed E-state index contributed by atoms with van der Waals surface area (Å²) in [7, 11) is 0. The lowest BCUT2D eigenvalue weighted by molar-refractivity contribution is 0.544. The second-order valence-electron chi connectivity index (χ2n) is 4.72. The van der Waals surface area contributed by atoms with Crippen molar-refractivity contribution < 1.29 is 4.42 Å². The number of aromatic nitrogens is 4. The van der Waals surface area contributed by atoms with Crippen LogP contribution >= 0.6 is 0 Å². The summed E-state index contributed by atoms with van der Waals surface area (Å²) in [6.07, 6.45) is 0. The van der Waals surface area contributed by atoms with Gasteiger partial charge in [-0.2, -0.15) is 5.10 Å². The molecule has 20 heavy (non-hydrogen) atoms. The number of furan rings is 1. The number of nitrogens with zero attached hydrogens (tertiary/aromatic N) is 4. The molecule has 0 aliphatic rings. The molecule has 0 atom stereocenters. The van der Waals surface area contributed by atoms with Gasteiger partial charge in [-0.15, -0.1) is 0 Å². The number of nitrogens with two attached hydrogens (primary N) is 1. The zero-order chi connectivity index (χ0) is 14.3. The van der Waals surface area contributed by atoms with Crippen molar-refractivity contribution in [2.24, 2.45) is 0 Å². The molecular formula is C14H15N5O. The summed E-state index contributed by atoms with van der Waals surface area (Å²) >= 11 is 0. The molecule has 3 rings (SSSR count). The first kappa shape index (κ1) is 12.4. The molecule has 0 amide bonds. The fourth-order valence-corrected chi connectivity index (χ4v) is 2.09. The smallest absolute Gasteiger partial charge is 0.199 e. The van der Waals surface area contributed by atoms with Gasteiger partial charge >= 0.3 is 0 Å². The third-order valence-electron chi connectivity index (χ3n) is 2.92. The number of rotatable bonds is 2. The maximum Gasteiger partial charge on any atom is 0.199 e. The van der Waals surface area contributed by atoms with Crippen LogP contribution in [0.25, 0.3) is 17.4 Å². The third-order valence-corrected chi connectivity index (χ3v) is 2.92. The largest absolute Gasteiger partial charge is 0.458 e. The summed E-state index contributed by atoms with van der Waals surface area (Å²) in [6.45, 7) is 5.78. The molecule has 0 fully saturated rings. The average Bonchev–Trinajstić information content (AvgIpc) is 2.94. The lowest BCUT2D eigenvalue weighted by Crippen LogP contribution is -2.06. The van der Waals surface area contributed by atoms with Gasteiger partial charge in [0.25, 0.3) is 0 Å². The van der Waals surface area contributed by atoms with Gasteiger partial charge in [-0.3, -0.25) is 0 Å². The monoisotopic (exact) mass is 269 g/mol. The highest BCUT2D eigenvalue weighted by Crippen LogP contribution is 2.21. The molecule has 0 saturated carbocycles. The van der Waals surface area contributed by atoms with Crippen molar-refractivity contribution in [3.63, 3.8) is 0 Å². The fourth-order valence-electron chi connectivity index (χ4n) is 2.09. The Morgan fingerprint density at radius 1 is 1.10 bits per heavy atom. The molecule has 0 spiro atoms. The summed E-state index contributed by atoms with van der Waals surface area (Å²) in [6, 6.07) is 7.37. The maximum absolute atomic E-state index is 5.86. The van der Waals surface area contributed by atoms with Crippen LogP contribution in [0.15, 0.2) is 28.7 Å². The Kier molecular flexibility index (Phi) is 2.78. The van der Waals surface area contributed by atoms with Crippen molar-refractivity contribution in [3.05, 3.63) is 41.4 Å². The van der Waals surface area contributed by atoms with Crippen molar-refractivity contribution in [2.45, 2.75) is 20.8 Å². The van der Waals surface area contributed by atoms with Gasteiger partial charge in [-0.05, 0) is 39.0 Å². The van der Waals surface area contributed by atoms with Crippen molar-refractivity contribution in [1.82, 2.24) is 19.7 Å². The molecule has 0 aliphatic carbocycles. The van der Waals surface area contributed by atoms with Gasteiger partial charge in [0.05, 0.1) is 5.69 Å². The van der Waals surface area contributed by atoms with Crippen LogP contribution in [0.5, 0.6) is 0 Å². The number of hydrogen-bond donors (Lipinski definition) is 1. The molecule has 0 unspecified atom stereocenters. The van der Waals surface area contributed by atoms with Crippen LogP contribution in [0.2, 0.25) is 0 Å². The highest BCUT2D eigenvalue weighted by molar-refractivity contribution is 5.53. The Morgan fingerprint density at radius 3 is 2.50 bits per heavy atom. The SMILES string of the molecule is Cc1cc(C)n(-c2cc(N)nc(-c3ccc(C)o3)n2)n1. The Morgan fingerprint density at radius 2 is 1.90 bits per heavy atom. The van der Waals surface area contributed by atoms with Gasteiger partial charge in [0.15, 0.2) is 17.4 Å². The van der Waals surface area contributed by atoms with Crippen molar-refractivity contribution >= 4 is 5.82 Å². The van der Waals surface area contributed by atoms with E-state index in [0.717, 1.165) is 17.1 Å². The molecule has 0 radical (unpaired) electrons. The van der Waals surface area contributed by atoms with Crippen molar-refractivity contribution in [3.8, 4) is 17.4 Å². The molecular weight excluding hydrogens is 254 g/mol. The van der Waals surface area contributed by atoms with Crippen LogP contribution in [0.3, 0.4) is 0 Å². The third kappa shape index (κ3) is 2.16. The van der Waals surface area contributed by atoms with E-state index >= 15 is 0 Å². The molecule has 0 aromatic carbocycles. The van der Waals surface area contributed by atoms with Crippen LogP contribution in [0.1, 0.15) is 17.1 Å². The van der Waals surface area contributed by atoms with Gasteiger partial charge in [0, 0.05) is 11.8 Å². The van der Waals surface area contributed by atoms with Crippen molar-refractivity contribution in [2.75, 3.05) is 5.73 Å². The van der Waals surface area contributed by atoms with Crippen LogP contribution in [-0.4, -0.2) is 19.7 Å². The van der Waals surface area contributed by atoms with E-state index in [-0.39, 0.29) is 0 Å². The summed E-state index contributed by atoms with van der Waals surface area (Å²) in [5, 5.41) is 4.40. The summed E-state index contributed by atoms with van der Waals surface area (Å²) in [5.41, 5.74) is 7.78. The molecule has 0 saturated heterocycles. The van der Waals surface area contributed by atoms with Gasteiger partial charge < -0.3 is 10.2 Å². The molecule has 0 bridgehead atoms. The molecule has 3 aromatic heterocycles. The average molecular weight is 269 g/mol. The van der Waals surface area contributed by atoms with Gasteiger partial charge in [-0.25, -0.2) is 14.6 Å². The first-order valence-electron chi connectivity index (χ1n) is 6.28. The Hall–Kier alpha value is -2.63. The molecule has 3 aromatic rings. The highest BCUT2D eigenvalue weighted by atomic mass is 16.3. The lowest BCUT2D eigenvalue weighted by atomic mass is 10.4. The van der Waals surface area contributed by atoms with Gasteiger partial charge in [0.1, 0.15) is 11.6 Å². The summed E-state index contributed by atoms with van der Waals surface area (Å²) in [5.74, 6) is 2.87. The van der Waals surface area contributed by atoms with E-state index in [1.807, 2.05) is 39.0 Å². The molecule has 2 N–H and O–H groups in total. The van der Waals surface area contributed by atoms with Gasteiger partial charge in [-0.1, -0.05) is 0 Å². The van der Waals surface area contributed by atoms with E-state index in [4.69, 9.17) is 10.2 Å². The standard InChI is InChI=1S/C14H15N5O/c1-8-6-9(2)19(18-8)13-7-12(15)16-14(17-13)11-5-4-10(3)20-11/h4-7H,1-3H3,(H2,15,16,17). The Balaban J connectivity index is 2.14. The quantitative estimate of drug-likeness (QED) is 0.772. The lowest BCUT2D eigenvalue weighted by Gasteiger charge is -2.06. The first-order valence-corrected chi connectivity index (χ1v) is 6.28. The Labute approximate surface area is 116 Å². The van der Waals surface area contributed by atoms with E-state index in [2.05, 4.69) is 15.1 Å². The normalized spacial score (nSPS) is 10.9. The molecule has 0 aliphatic heterocycles. The van der Waals surface area contributed by atoms with E-state index < -0.39 is 0 Å². The molecule has 102 valence electrons. The molecule has 6 nitrogen and oxygen atoms in total. The zero-order valence-electron chi connectivity index (χ0n) is 11.6. The van der Waals surface area contributed by atoms with E-state index in [1.54, 1.807) is 10.7 Å². The first-order chi connectivity index (χ1) is 9.52. The van der Waals surface area contributed by atoms with Crippen LogP contribution in [0, 0.1) is 20.8 Å². The van der Waals surface area contributed by atoms with Crippen LogP contribution < -0.4 is 5.73 Å². The molecule has 6 heteroatoms. The second kappa shape index (κ2) is 4.48. The van der Waals surface area contributed by atoms with Crippen LogP contribution in [-0.2, 0) is 0 Å². The number of hydrogen-bond acceptors (Lipinski definition) is 5. The maximum atomic E-state index is 5.86. The van der Waals surface area contributed by atoms with Crippen molar-refractivity contribution in [1.29, 1.82) is 0 Å². The summed E-state index contributed by atoms with van der Waals surface area (Å²) in [4.78, 5) is 8.69. The van der Waals surface area contributed by atoms with E-state index in [0.29, 0.717) is 23.2 Å². The zero-order valence-corrected chi connectivity index (χ0v) is 11.6. The Bertz CT molecular complexity index is 772. The highest BCUT2D eigenvalue weighted by Gasteiger charge is 2.12. The van der Waals surface area contributed by atoms with Crippen LogP contribution in [0.4, 0.5) is 5.82 Å². The molecule has 3 heterocycles. The number of anilines is 1. The second-order valence-corrected chi connectivity index (χ2v) is 4.72. The number of nitrogen functional groups attached to an aromatic ring is 1. The minimum atomic E-state index is 0.381. The minimum Gasteiger partial charge on any atom is -0.458 e. The van der Waals surface area contributed by atoms with E-state index in [9.17, 15) is 0 Å². The topological polar surface area (TPSA) is 82.8 Å². The number of aryl methyl sites for hydroxylation is 3. The summed E-state index contributed by atoms with van der Waals surface area (Å²) < 4.78 is 7.28. The van der Waals surface area contributed by atoms with E-state index in [1.165, 1.54) is 0 Å². The fraction of sp³-hybridized carbons (Fsp3) is 0.214. The predicted octanol–water partition coefficient (Wildman–Crippen LogP) is 2.43. The predicted molar refractivity (Wildman–Crippen MR) is 75.5 cm³/mol.